The first kappa shape index (κ1) is 22.3. The van der Waals surface area contributed by atoms with E-state index in [2.05, 4.69) is 12.2 Å². The largest absolute Gasteiger partial charge is 0.354 e. The van der Waals surface area contributed by atoms with E-state index in [0.717, 1.165) is 25.7 Å². The minimum absolute atomic E-state index is 0.200. The summed E-state index contributed by atoms with van der Waals surface area (Å²) in [6, 6.07) is -0.613. The van der Waals surface area contributed by atoms with Crippen LogP contribution in [0.5, 0.6) is 0 Å². The zero-order valence-corrected chi connectivity index (χ0v) is 15.8. The maximum atomic E-state index is 14.4. The van der Waals surface area contributed by atoms with Crippen LogP contribution in [-0.2, 0) is 14.4 Å². The number of nitrogens with zero attached hydrogens (tertiary/aromatic N) is 1. The fraction of sp³-hybridized carbons (Fsp3) is 0.833. The molecule has 3 atom stereocenters. The van der Waals surface area contributed by atoms with Gasteiger partial charge in [-0.1, -0.05) is 39.5 Å². The number of hydroxylamine groups is 1. The van der Waals surface area contributed by atoms with E-state index in [1.54, 1.807) is 0 Å². The molecule has 1 rings (SSSR count). The Bertz CT molecular complexity index is 475. The zero-order chi connectivity index (χ0) is 19.5. The molecule has 0 radical (unpaired) electrons. The van der Waals surface area contributed by atoms with Gasteiger partial charge in [-0.05, 0) is 25.7 Å². The van der Waals surface area contributed by atoms with Gasteiger partial charge in [0.2, 0.25) is 11.8 Å². The van der Waals surface area contributed by atoms with E-state index in [4.69, 9.17) is 5.21 Å². The number of carbonyl (C=O) groups excluding carboxylic acids is 3. The van der Waals surface area contributed by atoms with Crippen LogP contribution in [0.1, 0.15) is 65.2 Å². The number of nitrogens with one attached hydrogen (secondary N) is 2. The molecule has 3 amide bonds. The Hall–Kier alpha value is -1.70. The van der Waals surface area contributed by atoms with Crippen molar-refractivity contribution < 1.29 is 24.0 Å². The van der Waals surface area contributed by atoms with E-state index in [9.17, 15) is 18.8 Å². The van der Waals surface area contributed by atoms with Gasteiger partial charge in [0.25, 0.3) is 5.91 Å². The fourth-order valence-corrected chi connectivity index (χ4v) is 3.28. The number of carbonyl (C=O) groups is 3. The number of hydrogen-bond acceptors (Lipinski definition) is 4. The molecule has 0 aromatic rings. The van der Waals surface area contributed by atoms with Crippen molar-refractivity contribution in [3.63, 3.8) is 0 Å². The smallest absolute Gasteiger partial charge is 0.278 e. The average molecular weight is 373 g/mol. The van der Waals surface area contributed by atoms with Crippen LogP contribution in [0.4, 0.5) is 4.39 Å². The molecule has 0 aliphatic carbocycles. The van der Waals surface area contributed by atoms with Crippen molar-refractivity contribution in [1.29, 1.82) is 0 Å². The Morgan fingerprint density at radius 2 is 1.88 bits per heavy atom. The summed E-state index contributed by atoms with van der Waals surface area (Å²) in [6.07, 6.45) is 3.55. The SMILES string of the molecule is CCCCCNC(=O)[C@@H]1CCCN1C(=O)C(CCCC)C(F)C(=O)NO. The summed E-state index contributed by atoms with van der Waals surface area (Å²) >= 11 is 0. The predicted octanol–water partition coefficient (Wildman–Crippen LogP) is 1.93. The van der Waals surface area contributed by atoms with E-state index in [-0.39, 0.29) is 12.3 Å². The molecule has 2 unspecified atom stereocenters. The second-order valence-electron chi connectivity index (χ2n) is 6.81. The highest BCUT2D eigenvalue weighted by Gasteiger charge is 2.41. The van der Waals surface area contributed by atoms with E-state index < -0.39 is 29.9 Å². The molecule has 8 heteroatoms. The lowest BCUT2D eigenvalue weighted by molar-refractivity contribution is -0.149. The van der Waals surface area contributed by atoms with Crippen LogP contribution in [0, 0.1) is 5.92 Å². The van der Waals surface area contributed by atoms with Gasteiger partial charge in [-0.2, -0.15) is 0 Å². The molecule has 1 saturated heterocycles. The number of alkyl halides is 1. The van der Waals surface area contributed by atoms with Gasteiger partial charge < -0.3 is 10.2 Å². The van der Waals surface area contributed by atoms with Crippen molar-refractivity contribution in [1.82, 2.24) is 15.7 Å². The number of hydrogen-bond donors (Lipinski definition) is 3. The van der Waals surface area contributed by atoms with Crippen LogP contribution < -0.4 is 10.8 Å². The van der Waals surface area contributed by atoms with Gasteiger partial charge in [0.1, 0.15) is 6.04 Å². The lowest BCUT2D eigenvalue weighted by Gasteiger charge is -2.29. The van der Waals surface area contributed by atoms with E-state index in [1.807, 2.05) is 6.92 Å². The standard InChI is InChI=1S/C18H32FN3O4/c1-3-5-7-11-20-16(23)14-10-8-12-22(14)18(25)13(9-6-4-2)15(19)17(24)21-26/h13-15,26H,3-12H2,1-2H3,(H,20,23)(H,21,24)/t13?,14-,15?/m0/s1. The first-order chi connectivity index (χ1) is 12.5. The topological polar surface area (TPSA) is 98.7 Å². The summed E-state index contributed by atoms with van der Waals surface area (Å²) in [7, 11) is 0. The Morgan fingerprint density at radius 1 is 1.19 bits per heavy atom. The van der Waals surface area contributed by atoms with Crippen LogP contribution in [0.3, 0.4) is 0 Å². The van der Waals surface area contributed by atoms with Gasteiger partial charge in [0.15, 0.2) is 6.17 Å². The normalized spacial score (nSPS) is 19.1. The quantitative estimate of drug-likeness (QED) is 0.293. The third-order valence-electron chi connectivity index (χ3n) is 4.82. The summed E-state index contributed by atoms with van der Waals surface area (Å²) in [5.74, 6) is -3.15. The monoisotopic (exact) mass is 373 g/mol. The third-order valence-corrected chi connectivity index (χ3v) is 4.82. The van der Waals surface area contributed by atoms with Crippen molar-refractivity contribution in [3.8, 4) is 0 Å². The van der Waals surface area contributed by atoms with Crippen molar-refractivity contribution in [3.05, 3.63) is 0 Å². The highest BCUT2D eigenvalue weighted by atomic mass is 19.1. The molecule has 150 valence electrons. The lowest BCUT2D eigenvalue weighted by atomic mass is 9.94. The molecule has 1 aliphatic rings. The first-order valence-corrected chi connectivity index (χ1v) is 9.64. The van der Waals surface area contributed by atoms with Crippen molar-refractivity contribution in [2.45, 2.75) is 77.4 Å². The number of halogens is 1. The maximum absolute atomic E-state index is 14.4. The van der Waals surface area contributed by atoms with Crippen LogP contribution >= 0.6 is 0 Å². The Morgan fingerprint density at radius 3 is 2.50 bits per heavy atom. The summed E-state index contributed by atoms with van der Waals surface area (Å²) in [6.45, 7) is 4.92. The van der Waals surface area contributed by atoms with Gasteiger partial charge >= 0.3 is 0 Å². The summed E-state index contributed by atoms with van der Waals surface area (Å²) in [4.78, 5) is 38.1. The van der Waals surface area contributed by atoms with E-state index >= 15 is 0 Å². The molecule has 0 spiro atoms. The maximum Gasteiger partial charge on any atom is 0.278 e. The molecule has 0 aromatic carbocycles. The van der Waals surface area contributed by atoms with E-state index in [0.29, 0.717) is 32.4 Å². The number of likely N-dealkylation sites (tertiary alicyclic amines) is 1. The molecule has 0 aromatic heterocycles. The van der Waals surface area contributed by atoms with Crippen LogP contribution in [0.25, 0.3) is 0 Å². The number of unbranched alkanes of at least 4 members (excludes halogenated alkanes) is 3. The molecule has 7 nitrogen and oxygen atoms in total. The predicted molar refractivity (Wildman–Crippen MR) is 95.1 cm³/mol. The highest BCUT2D eigenvalue weighted by molar-refractivity contribution is 5.92. The molecule has 1 heterocycles. The summed E-state index contributed by atoms with van der Waals surface area (Å²) in [5, 5.41) is 11.5. The molecular weight excluding hydrogens is 341 g/mol. The fourth-order valence-electron chi connectivity index (χ4n) is 3.28. The van der Waals surface area contributed by atoms with Crippen molar-refractivity contribution in [2.75, 3.05) is 13.1 Å². The number of amides is 3. The highest BCUT2D eigenvalue weighted by Crippen LogP contribution is 2.25. The van der Waals surface area contributed by atoms with Crippen molar-refractivity contribution >= 4 is 17.7 Å². The van der Waals surface area contributed by atoms with Crippen molar-refractivity contribution in [2.24, 2.45) is 5.92 Å². The van der Waals surface area contributed by atoms with Crippen LogP contribution in [-0.4, -0.2) is 53.1 Å². The second-order valence-corrected chi connectivity index (χ2v) is 6.81. The molecule has 0 bridgehead atoms. The van der Waals surface area contributed by atoms with Gasteiger partial charge in [0.05, 0.1) is 5.92 Å². The molecule has 1 fully saturated rings. The second kappa shape index (κ2) is 11.8. The lowest BCUT2D eigenvalue weighted by Crippen LogP contribution is -2.51. The van der Waals surface area contributed by atoms with Crippen LogP contribution in [0.2, 0.25) is 0 Å². The Balaban J connectivity index is 2.77. The summed E-state index contributed by atoms with van der Waals surface area (Å²) < 4.78 is 14.4. The third kappa shape index (κ3) is 6.23. The molecule has 0 saturated carbocycles. The van der Waals surface area contributed by atoms with Gasteiger partial charge in [0, 0.05) is 13.1 Å². The minimum Gasteiger partial charge on any atom is -0.354 e. The molecule has 3 N–H and O–H groups in total. The van der Waals surface area contributed by atoms with Crippen LogP contribution in [0.15, 0.2) is 0 Å². The summed E-state index contributed by atoms with van der Waals surface area (Å²) in [5.41, 5.74) is 1.28. The number of rotatable bonds is 11. The Labute approximate surface area is 154 Å². The molecule has 26 heavy (non-hydrogen) atoms. The van der Waals surface area contributed by atoms with Gasteiger partial charge in [-0.3, -0.25) is 19.6 Å². The van der Waals surface area contributed by atoms with E-state index in [1.165, 1.54) is 10.4 Å². The zero-order valence-electron chi connectivity index (χ0n) is 15.8. The molecule has 1 aliphatic heterocycles. The Kier molecular flexibility index (Phi) is 10.2. The van der Waals surface area contributed by atoms with Gasteiger partial charge in [-0.25, -0.2) is 9.87 Å². The van der Waals surface area contributed by atoms with Gasteiger partial charge in [-0.15, -0.1) is 0 Å². The minimum atomic E-state index is -2.13. The first-order valence-electron chi connectivity index (χ1n) is 9.64. The average Bonchev–Trinajstić information content (AvgIpc) is 3.14. The molecular formula is C18H32FN3O4.